The monoisotopic (exact) mass is 272 g/mol. The topological polar surface area (TPSA) is 33.3 Å². The van der Waals surface area contributed by atoms with Crippen LogP contribution >= 0.6 is 0 Å². The van der Waals surface area contributed by atoms with Gasteiger partial charge in [-0.2, -0.15) is 0 Å². The van der Waals surface area contributed by atoms with E-state index in [1.165, 1.54) is 64.5 Å². The molecule has 0 amide bonds. The molecule has 0 aliphatic heterocycles. The maximum atomic E-state index is 5.27. The molecule has 0 spiro atoms. The highest BCUT2D eigenvalue weighted by molar-refractivity contribution is 4.52. The number of ether oxygens (including phenoxy) is 1. The molecule has 0 aromatic heterocycles. The van der Waals surface area contributed by atoms with Crippen molar-refractivity contribution in [3.63, 3.8) is 0 Å². The normalized spacial score (nSPS) is 11.1. The van der Waals surface area contributed by atoms with Gasteiger partial charge in [-0.1, -0.05) is 39.0 Å². The second-order valence-electron chi connectivity index (χ2n) is 5.17. The molecular weight excluding hydrogens is 236 g/mol. The molecule has 0 bridgehead atoms. The van der Waals surface area contributed by atoms with E-state index in [1.807, 2.05) is 6.92 Å². The lowest BCUT2D eigenvalue weighted by molar-refractivity contribution is 0.149. The van der Waals surface area contributed by atoms with E-state index in [0.717, 1.165) is 26.3 Å². The summed E-state index contributed by atoms with van der Waals surface area (Å²) in [5, 5.41) is 6.92. The van der Waals surface area contributed by atoms with Gasteiger partial charge >= 0.3 is 0 Å². The average Bonchev–Trinajstić information content (AvgIpc) is 2.43. The zero-order chi connectivity index (χ0) is 14.0. The van der Waals surface area contributed by atoms with Gasteiger partial charge in [-0.15, -0.1) is 0 Å². The molecule has 2 N–H and O–H groups in total. The van der Waals surface area contributed by atoms with Gasteiger partial charge in [-0.3, -0.25) is 0 Å². The Balaban J connectivity index is 2.88. The van der Waals surface area contributed by atoms with Gasteiger partial charge in [0.05, 0.1) is 6.61 Å². The molecular formula is C16H36N2O. The van der Waals surface area contributed by atoms with Gasteiger partial charge < -0.3 is 15.4 Å². The van der Waals surface area contributed by atoms with Crippen molar-refractivity contribution in [2.24, 2.45) is 0 Å². The van der Waals surface area contributed by atoms with E-state index >= 15 is 0 Å². The molecule has 0 unspecified atom stereocenters. The Morgan fingerprint density at radius 2 is 1.16 bits per heavy atom. The van der Waals surface area contributed by atoms with Crippen LogP contribution in [0, 0.1) is 0 Å². The Bertz CT molecular complexity index is 138. The molecule has 0 aromatic carbocycles. The van der Waals surface area contributed by atoms with Gasteiger partial charge in [0.2, 0.25) is 0 Å². The van der Waals surface area contributed by atoms with Crippen LogP contribution in [0.1, 0.15) is 65.2 Å². The molecule has 0 saturated carbocycles. The van der Waals surface area contributed by atoms with E-state index in [1.54, 1.807) is 0 Å². The Kier molecular flexibility index (Phi) is 17.8. The third-order valence-electron chi connectivity index (χ3n) is 3.29. The molecule has 0 fully saturated rings. The quantitative estimate of drug-likeness (QED) is 0.423. The number of unbranched alkanes of at least 4 members (excludes halogenated alkanes) is 6. The smallest absolute Gasteiger partial charge is 0.0590 e. The predicted molar refractivity (Wildman–Crippen MR) is 84.8 cm³/mol. The summed E-state index contributed by atoms with van der Waals surface area (Å²) < 4.78 is 5.27. The predicted octanol–water partition coefficient (Wildman–Crippen LogP) is 3.34. The van der Waals surface area contributed by atoms with Crippen molar-refractivity contribution in [3.8, 4) is 0 Å². The first-order valence-corrected chi connectivity index (χ1v) is 8.41. The number of rotatable bonds is 16. The summed E-state index contributed by atoms with van der Waals surface area (Å²) in [4.78, 5) is 0. The fraction of sp³-hybridized carbons (Fsp3) is 1.00. The van der Waals surface area contributed by atoms with E-state index in [9.17, 15) is 0 Å². The van der Waals surface area contributed by atoms with Crippen LogP contribution in [0.15, 0.2) is 0 Å². The SMILES string of the molecule is CCCCNCCCCCCCCNCCOCC. The minimum absolute atomic E-state index is 0.828. The van der Waals surface area contributed by atoms with Crippen LogP contribution in [-0.4, -0.2) is 39.4 Å². The van der Waals surface area contributed by atoms with Crippen molar-refractivity contribution in [1.29, 1.82) is 0 Å². The number of hydrogen-bond donors (Lipinski definition) is 2. The molecule has 0 aliphatic carbocycles. The zero-order valence-corrected chi connectivity index (χ0v) is 13.3. The second kappa shape index (κ2) is 17.9. The Labute approximate surface area is 120 Å². The molecule has 116 valence electrons. The van der Waals surface area contributed by atoms with Crippen LogP contribution in [0.25, 0.3) is 0 Å². The largest absolute Gasteiger partial charge is 0.380 e. The van der Waals surface area contributed by atoms with Crippen molar-refractivity contribution in [3.05, 3.63) is 0 Å². The number of nitrogens with one attached hydrogen (secondary N) is 2. The fourth-order valence-electron chi connectivity index (χ4n) is 2.05. The first-order valence-electron chi connectivity index (χ1n) is 8.41. The molecule has 0 saturated heterocycles. The molecule has 0 radical (unpaired) electrons. The maximum absolute atomic E-state index is 5.27. The summed E-state index contributed by atoms with van der Waals surface area (Å²) in [7, 11) is 0. The lowest BCUT2D eigenvalue weighted by Crippen LogP contribution is -2.20. The van der Waals surface area contributed by atoms with Gasteiger partial charge in [0.15, 0.2) is 0 Å². The summed E-state index contributed by atoms with van der Waals surface area (Å²) in [5.41, 5.74) is 0. The number of hydrogen-bond acceptors (Lipinski definition) is 3. The van der Waals surface area contributed by atoms with Crippen molar-refractivity contribution >= 4 is 0 Å². The lowest BCUT2D eigenvalue weighted by Gasteiger charge is -2.05. The van der Waals surface area contributed by atoms with Crippen LogP contribution < -0.4 is 10.6 Å². The zero-order valence-electron chi connectivity index (χ0n) is 13.3. The molecule has 0 aromatic rings. The Hall–Kier alpha value is -0.120. The van der Waals surface area contributed by atoms with Crippen molar-refractivity contribution < 1.29 is 4.74 Å². The maximum Gasteiger partial charge on any atom is 0.0590 e. The van der Waals surface area contributed by atoms with Crippen LogP contribution in [-0.2, 0) is 4.74 Å². The fourth-order valence-corrected chi connectivity index (χ4v) is 2.05. The summed E-state index contributed by atoms with van der Waals surface area (Å²) >= 11 is 0. The second-order valence-corrected chi connectivity index (χ2v) is 5.17. The average molecular weight is 272 g/mol. The van der Waals surface area contributed by atoms with Crippen LogP contribution in [0.4, 0.5) is 0 Å². The standard InChI is InChI=1S/C16H36N2O/c1-3-5-12-17-13-10-8-6-7-9-11-14-18-15-16-19-4-2/h17-18H,3-16H2,1-2H3. The van der Waals surface area contributed by atoms with Crippen molar-refractivity contribution in [2.75, 3.05) is 39.4 Å². The summed E-state index contributed by atoms with van der Waals surface area (Å²) in [6.45, 7) is 10.5. The molecule has 0 heterocycles. The first kappa shape index (κ1) is 18.9. The lowest BCUT2D eigenvalue weighted by atomic mass is 10.1. The van der Waals surface area contributed by atoms with Crippen LogP contribution in [0.3, 0.4) is 0 Å². The van der Waals surface area contributed by atoms with Crippen LogP contribution in [0.2, 0.25) is 0 Å². The van der Waals surface area contributed by atoms with Gasteiger partial charge in [-0.25, -0.2) is 0 Å². The minimum atomic E-state index is 0.828. The van der Waals surface area contributed by atoms with Gasteiger partial charge in [0, 0.05) is 13.2 Å². The molecule has 0 rings (SSSR count). The highest BCUT2D eigenvalue weighted by atomic mass is 16.5. The van der Waals surface area contributed by atoms with Gasteiger partial charge in [0.1, 0.15) is 0 Å². The Morgan fingerprint density at radius 1 is 0.632 bits per heavy atom. The van der Waals surface area contributed by atoms with E-state index in [2.05, 4.69) is 17.6 Å². The molecule has 3 nitrogen and oxygen atoms in total. The van der Waals surface area contributed by atoms with Crippen molar-refractivity contribution in [1.82, 2.24) is 10.6 Å². The highest BCUT2D eigenvalue weighted by Crippen LogP contribution is 2.04. The highest BCUT2D eigenvalue weighted by Gasteiger charge is 1.92. The minimum Gasteiger partial charge on any atom is -0.380 e. The van der Waals surface area contributed by atoms with E-state index < -0.39 is 0 Å². The Morgan fingerprint density at radius 3 is 1.74 bits per heavy atom. The molecule has 0 atom stereocenters. The van der Waals surface area contributed by atoms with E-state index in [4.69, 9.17) is 4.74 Å². The van der Waals surface area contributed by atoms with Crippen molar-refractivity contribution in [2.45, 2.75) is 65.2 Å². The molecule has 19 heavy (non-hydrogen) atoms. The third kappa shape index (κ3) is 17.9. The van der Waals surface area contributed by atoms with E-state index in [0.29, 0.717) is 0 Å². The summed E-state index contributed by atoms with van der Waals surface area (Å²) in [5.74, 6) is 0. The first-order chi connectivity index (χ1) is 9.41. The summed E-state index contributed by atoms with van der Waals surface area (Å²) in [6.07, 6.45) is 10.8. The van der Waals surface area contributed by atoms with Gasteiger partial charge in [-0.05, 0) is 45.8 Å². The molecule has 0 aliphatic rings. The molecule has 3 heteroatoms. The van der Waals surface area contributed by atoms with E-state index in [-0.39, 0.29) is 0 Å². The van der Waals surface area contributed by atoms with Crippen LogP contribution in [0.5, 0.6) is 0 Å². The summed E-state index contributed by atoms with van der Waals surface area (Å²) in [6, 6.07) is 0. The third-order valence-corrected chi connectivity index (χ3v) is 3.29. The van der Waals surface area contributed by atoms with Gasteiger partial charge in [0.25, 0.3) is 0 Å².